The second-order valence-electron chi connectivity index (χ2n) is 6.32. The average Bonchev–Trinajstić information content (AvgIpc) is 2.98. The molecular formula is C18H21N3OS. The number of hydrogen-bond acceptors (Lipinski definition) is 4. The molecule has 0 unspecified atom stereocenters. The summed E-state index contributed by atoms with van der Waals surface area (Å²) < 4.78 is 0. The van der Waals surface area contributed by atoms with E-state index in [4.69, 9.17) is 4.98 Å². The summed E-state index contributed by atoms with van der Waals surface area (Å²) in [5, 5.41) is 1.21. The number of rotatable bonds is 2. The molecule has 1 fully saturated rings. The fourth-order valence-corrected chi connectivity index (χ4v) is 4.60. The predicted octanol–water partition coefficient (Wildman–Crippen LogP) is 2.57. The molecule has 120 valence electrons. The largest absolute Gasteiger partial charge is 0.340 e. The minimum atomic E-state index is 0.186. The molecule has 2 aromatic rings. The van der Waals surface area contributed by atoms with Crippen molar-refractivity contribution in [2.45, 2.75) is 26.3 Å². The van der Waals surface area contributed by atoms with Crippen LogP contribution in [0.2, 0.25) is 0 Å². The fraction of sp³-hybridized carbons (Fsp3) is 0.444. The number of aromatic nitrogens is 1. The molecular weight excluding hydrogens is 306 g/mol. The summed E-state index contributed by atoms with van der Waals surface area (Å²) in [5.74, 6) is 0.186. The number of fused-ring (bicyclic) bond motifs is 3. The van der Waals surface area contributed by atoms with E-state index in [0.29, 0.717) is 0 Å². The lowest BCUT2D eigenvalue weighted by Gasteiger charge is -2.33. The SMILES string of the molecule is CC(=O)N1CCN(Cc2nc3c(s2)CCc2ccccc2-3)CC1. The molecule has 5 heteroatoms. The fourth-order valence-electron chi connectivity index (χ4n) is 3.48. The Labute approximate surface area is 140 Å². The van der Waals surface area contributed by atoms with Gasteiger partial charge in [0.15, 0.2) is 0 Å². The van der Waals surface area contributed by atoms with E-state index >= 15 is 0 Å². The second-order valence-corrected chi connectivity index (χ2v) is 7.49. The Bertz CT molecular complexity index is 732. The molecule has 1 saturated heterocycles. The van der Waals surface area contributed by atoms with Crippen molar-refractivity contribution in [3.05, 3.63) is 39.7 Å². The van der Waals surface area contributed by atoms with Crippen LogP contribution in [0.15, 0.2) is 24.3 Å². The highest BCUT2D eigenvalue weighted by Crippen LogP contribution is 2.36. The predicted molar refractivity (Wildman–Crippen MR) is 92.5 cm³/mol. The highest BCUT2D eigenvalue weighted by Gasteiger charge is 2.23. The normalized spacial score (nSPS) is 17.7. The van der Waals surface area contributed by atoms with E-state index in [0.717, 1.165) is 45.6 Å². The summed E-state index contributed by atoms with van der Waals surface area (Å²) in [7, 11) is 0. The van der Waals surface area contributed by atoms with E-state index in [2.05, 4.69) is 29.2 Å². The van der Waals surface area contributed by atoms with Crippen molar-refractivity contribution in [2.75, 3.05) is 26.2 Å². The molecule has 0 atom stereocenters. The Morgan fingerprint density at radius 3 is 2.74 bits per heavy atom. The maximum Gasteiger partial charge on any atom is 0.219 e. The van der Waals surface area contributed by atoms with Gasteiger partial charge in [-0.25, -0.2) is 4.98 Å². The number of carbonyl (C=O) groups excluding carboxylic acids is 1. The summed E-state index contributed by atoms with van der Waals surface area (Å²) in [6.07, 6.45) is 2.24. The molecule has 0 bridgehead atoms. The van der Waals surface area contributed by atoms with E-state index < -0.39 is 0 Å². The summed E-state index contributed by atoms with van der Waals surface area (Å²) in [6, 6.07) is 8.64. The average molecular weight is 327 g/mol. The number of hydrogen-bond donors (Lipinski definition) is 0. The molecule has 4 nitrogen and oxygen atoms in total. The smallest absolute Gasteiger partial charge is 0.219 e. The van der Waals surface area contributed by atoms with Crippen molar-refractivity contribution in [3.63, 3.8) is 0 Å². The molecule has 2 aliphatic rings. The van der Waals surface area contributed by atoms with Crippen molar-refractivity contribution in [1.82, 2.24) is 14.8 Å². The van der Waals surface area contributed by atoms with Crippen LogP contribution in [0, 0.1) is 0 Å². The molecule has 1 aromatic carbocycles. The summed E-state index contributed by atoms with van der Waals surface area (Å²) in [5.41, 5.74) is 3.94. The van der Waals surface area contributed by atoms with Gasteiger partial charge < -0.3 is 4.90 Å². The summed E-state index contributed by atoms with van der Waals surface area (Å²) in [6.45, 7) is 6.13. The first kappa shape index (κ1) is 14.8. The minimum absolute atomic E-state index is 0.186. The monoisotopic (exact) mass is 327 g/mol. The maximum atomic E-state index is 11.4. The molecule has 0 saturated carbocycles. The standard InChI is InChI=1S/C18H21N3OS/c1-13(22)21-10-8-20(9-11-21)12-17-19-18-15-5-3-2-4-14(15)6-7-16(18)23-17/h2-5H,6-12H2,1H3. The molecule has 0 spiro atoms. The number of nitrogens with zero attached hydrogens (tertiary/aromatic N) is 3. The molecule has 0 radical (unpaired) electrons. The van der Waals surface area contributed by atoms with Crippen LogP contribution in [0.4, 0.5) is 0 Å². The van der Waals surface area contributed by atoms with Crippen LogP contribution in [0.5, 0.6) is 0 Å². The van der Waals surface area contributed by atoms with Crippen molar-refractivity contribution < 1.29 is 4.79 Å². The lowest BCUT2D eigenvalue weighted by Crippen LogP contribution is -2.47. The van der Waals surface area contributed by atoms with Gasteiger partial charge in [0, 0.05) is 43.5 Å². The van der Waals surface area contributed by atoms with E-state index in [1.54, 1.807) is 6.92 Å². The molecule has 0 N–H and O–H groups in total. The number of carbonyl (C=O) groups is 1. The van der Waals surface area contributed by atoms with Gasteiger partial charge in [0.1, 0.15) is 5.01 Å². The van der Waals surface area contributed by atoms with Crippen LogP contribution >= 0.6 is 11.3 Å². The Morgan fingerprint density at radius 2 is 1.96 bits per heavy atom. The van der Waals surface area contributed by atoms with Crippen LogP contribution in [-0.2, 0) is 24.2 Å². The summed E-state index contributed by atoms with van der Waals surface area (Å²) in [4.78, 5) is 22.1. The van der Waals surface area contributed by atoms with Gasteiger partial charge in [-0.15, -0.1) is 11.3 Å². The van der Waals surface area contributed by atoms with Crippen LogP contribution < -0.4 is 0 Å². The first-order valence-electron chi connectivity index (χ1n) is 8.25. The van der Waals surface area contributed by atoms with Crippen molar-refractivity contribution in [1.29, 1.82) is 0 Å². The van der Waals surface area contributed by atoms with Gasteiger partial charge in [-0.05, 0) is 18.4 Å². The number of benzene rings is 1. The van der Waals surface area contributed by atoms with E-state index in [1.165, 1.54) is 26.7 Å². The third-order valence-corrected chi connectivity index (χ3v) is 5.91. The van der Waals surface area contributed by atoms with Gasteiger partial charge >= 0.3 is 0 Å². The van der Waals surface area contributed by atoms with Crippen LogP contribution in [-0.4, -0.2) is 46.9 Å². The molecule has 1 aliphatic heterocycles. The van der Waals surface area contributed by atoms with Gasteiger partial charge in [0.05, 0.1) is 12.2 Å². The number of amides is 1. The quantitative estimate of drug-likeness (QED) is 0.851. The zero-order chi connectivity index (χ0) is 15.8. The maximum absolute atomic E-state index is 11.4. The van der Waals surface area contributed by atoms with Gasteiger partial charge in [0.25, 0.3) is 0 Å². The Balaban J connectivity index is 1.48. The first-order valence-corrected chi connectivity index (χ1v) is 9.07. The second kappa shape index (κ2) is 6.06. The van der Waals surface area contributed by atoms with Gasteiger partial charge in [-0.1, -0.05) is 24.3 Å². The summed E-state index contributed by atoms with van der Waals surface area (Å²) >= 11 is 1.87. The first-order chi connectivity index (χ1) is 11.2. The molecule has 1 aliphatic carbocycles. The van der Waals surface area contributed by atoms with E-state index in [-0.39, 0.29) is 5.91 Å². The van der Waals surface area contributed by atoms with E-state index in [1.807, 2.05) is 16.2 Å². The third kappa shape index (κ3) is 2.91. The van der Waals surface area contributed by atoms with Crippen LogP contribution in [0.25, 0.3) is 11.3 Å². The zero-order valence-electron chi connectivity index (χ0n) is 13.4. The highest BCUT2D eigenvalue weighted by atomic mass is 32.1. The topological polar surface area (TPSA) is 36.4 Å². The minimum Gasteiger partial charge on any atom is -0.340 e. The van der Waals surface area contributed by atoms with Crippen LogP contribution in [0.1, 0.15) is 22.4 Å². The molecule has 1 aromatic heterocycles. The molecule has 2 heterocycles. The third-order valence-electron chi connectivity index (χ3n) is 4.81. The lowest BCUT2D eigenvalue weighted by molar-refractivity contribution is -0.130. The Hall–Kier alpha value is -1.72. The van der Waals surface area contributed by atoms with Gasteiger partial charge in [0.2, 0.25) is 5.91 Å². The highest BCUT2D eigenvalue weighted by molar-refractivity contribution is 7.12. The van der Waals surface area contributed by atoms with Gasteiger partial charge in [-0.3, -0.25) is 9.69 Å². The van der Waals surface area contributed by atoms with E-state index in [9.17, 15) is 4.79 Å². The zero-order valence-corrected chi connectivity index (χ0v) is 14.2. The molecule has 23 heavy (non-hydrogen) atoms. The van der Waals surface area contributed by atoms with Crippen molar-refractivity contribution in [2.24, 2.45) is 0 Å². The lowest BCUT2D eigenvalue weighted by atomic mass is 9.94. The number of thiazole rings is 1. The Kier molecular flexibility index (Phi) is 3.91. The molecule has 1 amide bonds. The Morgan fingerprint density at radius 1 is 1.17 bits per heavy atom. The molecule has 4 rings (SSSR count). The van der Waals surface area contributed by atoms with Crippen LogP contribution in [0.3, 0.4) is 0 Å². The number of aryl methyl sites for hydroxylation is 2. The van der Waals surface area contributed by atoms with Crippen molar-refractivity contribution >= 4 is 17.2 Å². The number of piperazine rings is 1. The van der Waals surface area contributed by atoms with Gasteiger partial charge in [-0.2, -0.15) is 0 Å². The van der Waals surface area contributed by atoms with Crippen molar-refractivity contribution in [3.8, 4) is 11.3 Å².